The second kappa shape index (κ2) is 6.01. The van der Waals surface area contributed by atoms with Crippen LogP contribution in [-0.4, -0.2) is 53.7 Å². The van der Waals surface area contributed by atoms with Crippen molar-refractivity contribution < 1.29 is 4.74 Å². The monoisotopic (exact) mass is 332 g/mol. The first-order valence-electron chi connectivity index (χ1n) is 7.87. The zero-order chi connectivity index (χ0) is 15.8. The molecule has 2 aromatic rings. The van der Waals surface area contributed by atoms with Gasteiger partial charge in [0.25, 0.3) is 0 Å². The Balaban J connectivity index is 1.34. The van der Waals surface area contributed by atoms with Crippen molar-refractivity contribution in [2.45, 2.75) is 31.4 Å². The summed E-state index contributed by atoms with van der Waals surface area (Å²) in [6.07, 6.45) is 2.52. The number of rotatable bonds is 6. The summed E-state index contributed by atoms with van der Waals surface area (Å²) in [6.45, 7) is 2.39. The van der Waals surface area contributed by atoms with E-state index in [-0.39, 0.29) is 0 Å². The molecule has 2 aromatic heterocycles. The molecule has 3 heterocycles. The van der Waals surface area contributed by atoms with Gasteiger partial charge in [0, 0.05) is 33.2 Å². The molecule has 2 fully saturated rings. The summed E-state index contributed by atoms with van der Waals surface area (Å²) in [6, 6.07) is 4.65. The molecule has 4 rings (SSSR count). The Morgan fingerprint density at radius 1 is 1.22 bits per heavy atom. The van der Waals surface area contributed by atoms with E-state index in [9.17, 15) is 0 Å². The summed E-state index contributed by atoms with van der Waals surface area (Å²) in [5.41, 5.74) is 1.14. The summed E-state index contributed by atoms with van der Waals surface area (Å²) in [5, 5.41) is 19.0. The van der Waals surface area contributed by atoms with Crippen molar-refractivity contribution in [3.8, 4) is 0 Å². The van der Waals surface area contributed by atoms with Crippen molar-refractivity contribution in [3.05, 3.63) is 22.8 Å². The van der Waals surface area contributed by atoms with Gasteiger partial charge in [-0.15, -0.1) is 15.3 Å². The van der Waals surface area contributed by atoms with E-state index in [1.54, 1.807) is 18.4 Å². The zero-order valence-electron chi connectivity index (χ0n) is 13.3. The van der Waals surface area contributed by atoms with Gasteiger partial charge in [-0.2, -0.15) is 5.10 Å². The van der Waals surface area contributed by atoms with E-state index in [4.69, 9.17) is 4.74 Å². The predicted octanol–water partition coefficient (Wildman–Crippen LogP) is 1.68. The molecule has 7 nitrogen and oxygen atoms in total. The van der Waals surface area contributed by atoms with Gasteiger partial charge < -0.3 is 14.5 Å². The van der Waals surface area contributed by atoms with Gasteiger partial charge in [0.1, 0.15) is 11.6 Å². The lowest BCUT2D eigenvalue weighted by molar-refractivity contribution is 0.184. The highest BCUT2D eigenvalue weighted by molar-refractivity contribution is 7.15. The lowest BCUT2D eigenvalue weighted by Gasteiger charge is -2.44. The van der Waals surface area contributed by atoms with E-state index in [0.717, 1.165) is 34.7 Å². The Morgan fingerprint density at radius 2 is 2.04 bits per heavy atom. The standard InChI is InChI=1S/C15H20N6OS/c1-20(15-19-18-14(23-15)9-22-2)11-7-21(8-11)13-6-5-12(16-17-13)10-3-4-10/h5-6,10-11H,3-4,7-9H2,1-2H3. The molecule has 1 saturated heterocycles. The predicted molar refractivity (Wildman–Crippen MR) is 89.0 cm³/mol. The van der Waals surface area contributed by atoms with E-state index < -0.39 is 0 Å². The Kier molecular flexibility index (Phi) is 3.86. The number of aromatic nitrogens is 4. The van der Waals surface area contributed by atoms with Gasteiger partial charge in [-0.3, -0.25) is 0 Å². The maximum absolute atomic E-state index is 5.09. The number of methoxy groups -OCH3 is 1. The van der Waals surface area contributed by atoms with Gasteiger partial charge in [0.05, 0.1) is 11.7 Å². The van der Waals surface area contributed by atoms with Gasteiger partial charge in [-0.1, -0.05) is 11.3 Å². The van der Waals surface area contributed by atoms with Crippen molar-refractivity contribution in [1.82, 2.24) is 20.4 Å². The lowest BCUT2D eigenvalue weighted by Crippen LogP contribution is -2.59. The first kappa shape index (κ1) is 14.8. The van der Waals surface area contributed by atoms with Crippen LogP contribution in [0.15, 0.2) is 12.1 Å². The molecule has 0 aromatic carbocycles. The molecule has 122 valence electrons. The Morgan fingerprint density at radius 3 is 2.70 bits per heavy atom. The van der Waals surface area contributed by atoms with Crippen molar-refractivity contribution in [2.75, 3.05) is 37.0 Å². The minimum atomic E-state index is 0.434. The molecule has 0 amide bonds. The summed E-state index contributed by atoms with van der Waals surface area (Å²) in [5.74, 6) is 1.63. The van der Waals surface area contributed by atoms with Crippen LogP contribution in [0.2, 0.25) is 0 Å². The first-order valence-corrected chi connectivity index (χ1v) is 8.69. The zero-order valence-corrected chi connectivity index (χ0v) is 14.2. The molecule has 8 heteroatoms. The van der Waals surface area contributed by atoms with Gasteiger partial charge in [-0.05, 0) is 25.0 Å². The third-order valence-corrected chi connectivity index (χ3v) is 5.41. The van der Waals surface area contributed by atoms with Crippen LogP contribution < -0.4 is 9.80 Å². The first-order chi connectivity index (χ1) is 11.2. The van der Waals surface area contributed by atoms with E-state index >= 15 is 0 Å². The minimum absolute atomic E-state index is 0.434. The number of hydrogen-bond acceptors (Lipinski definition) is 8. The molecule has 1 saturated carbocycles. The molecule has 0 bridgehead atoms. The average Bonchev–Trinajstić information content (AvgIpc) is 3.26. The molecule has 0 unspecified atom stereocenters. The fourth-order valence-electron chi connectivity index (χ4n) is 2.71. The molecule has 1 aliphatic heterocycles. The number of nitrogens with zero attached hydrogens (tertiary/aromatic N) is 6. The van der Waals surface area contributed by atoms with E-state index in [1.807, 2.05) is 0 Å². The molecule has 0 radical (unpaired) electrons. The normalized spacial score (nSPS) is 18.1. The second-order valence-electron chi connectivity index (χ2n) is 6.17. The highest BCUT2D eigenvalue weighted by Gasteiger charge is 2.33. The van der Waals surface area contributed by atoms with Crippen molar-refractivity contribution >= 4 is 22.3 Å². The molecule has 0 atom stereocenters. The van der Waals surface area contributed by atoms with Crippen LogP contribution in [0.4, 0.5) is 10.9 Å². The number of anilines is 2. The van der Waals surface area contributed by atoms with E-state index in [0.29, 0.717) is 18.6 Å². The Bertz CT molecular complexity index is 665. The van der Waals surface area contributed by atoms with Gasteiger partial charge in [0.2, 0.25) is 5.13 Å². The van der Waals surface area contributed by atoms with Crippen LogP contribution in [0.5, 0.6) is 0 Å². The third kappa shape index (κ3) is 3.00. The van der Waals surface area contributed by atoms with Crippen molar-refractivity contribution in [1.29, 1.82) is 0 Å². The molecule has 2 aliphatic rings. The maximum atomic E-state index is 5.09. The lowest BCUT2D eigenvalue weighted by atomic mass is 10.1. The molecule has 0 N–H and O–H groups in total. The van der Waals surface area contributed by atoms with Crippen LogP contribution in [-0.2, 0) is 11.3 Å². The minimum Gasteiger partial charge on any atom is -0.377 e. The topological polar surface area (TPSA) is 67.3 Å². The average molecular weight is 332 g/mol. The summed E-state index contributed by atoms with van der Waals surface area (Å²) in [4.78, 5) is 4.45. The maximum Gasteiger partial charge on any atom is 0.208 e. The Hall–Kier alpha value is -1.80. The van der Waals surface area contributed by atoms with Crippen LogP contribution in [0.3, 0.4) is 0 Å². The molecule has 1 aliphatic carbocycles. The van der Waals surface area contributed by atoms with Crippen LogP contribution >= 0.6 is 11.3 Å². The fraction of sp³-hybridized carbons (Fsp3) is 0.600. The number of hydrogen-bond donors (Lipinski definition) is 0. The third-order valence-electron chi connectivity index (χ3n) is 4.43. The quantitative estimate of drug-likeness (QED) is 0.797. The molecular weight excluding hydrogens is 312 g/mol. The van der Waals surface area contributed by atoms with Crippen molar-refractivity contribution in [3.63, 3.8) is 0 Å². The largest absolute Gasteiger partial charge is 0.377 e. The van der Waals surface area contributed by atoms with Gasteiger partial charge in [0.15, 0.2) is 5.82 Å². The second-order valence-corrected chi connectivity index (χ2v) is 7.21. The molecule has 0 spiro atoms. The number of likely N-dealkylation sites (N-methyl/N-ethyl adjacent to an activating group) is 1. The Labute approximate surface area is 139 Å². The highest BCUT2D eigenvalue weighted by atomic mass is 32.1. The van der Waals surface area contributed by atoms with Gasteiger partial charge in [-0.25, -0.2) is 0 Å². The van der Waals surface area contributed by atoms with E-state index in [2.05, 4.69) is 49.4 Å². The molecule has 23 heavy (non-hydrogen) atoms. The van der Waals surface area contributed by atoms with Crippen molar-refractivity contribution in [2.24, 2.45) is 0 Å². The SMILES string of the molecule is COCc1nnc(N(C)C2CN(c3ccc(C4CC4)nn3)C2)s1. The summed E-state index contributed by atoms with van der Waals surface area (Å²) < 4.78 is 5.09. The van der Waals surface area contributed by atoms with Crippen LogP contribution in [0.25, 0.3) is 0 Å². The summed E-state index contributed by atoms with van der Waals surface area (Å²) >= 11 is 1.58. The van der Waals surface area contributed by atoms with Crippen LogP contribution in [0.1, 0.15) is 29.5 Å². The highest BCUT2D eigenvalue weighted by Crippen LogP contribution is 2.39. The van der Waals surface area contributed by atoms with Crippen LogP contribution in [0, 0.1) is 0 Å². The summed E-state index contributed by atoms with van der Waals surface area (Å²) in [7, 11) is 3.74. The number of ether oxygens (including phenoxy) is 1. The van der Waals surface area contributed by atoms with Gasteiger partial charge >= 0.3 is 0 Å². The fourth-order valence-corrected chi connectivity index (χ4v) is 3.56. The smallest absolute Gasteiger partial charge is 0.208 e. The van der Waals surface area contributed by atoms with E-state index in [1.165, 1.54) is 12.8 Å². The molecular formula is C15H20N6OS.